The van der Waals surface area contributed by atoms with Crippen molar-refractivity contribution in [2.75, 3.05) is 18.1 Å². The number of rotatable bonds is 11. The van der Waals surface area contributed by atoms with E-state index in [0.29, 0.717) is 12.8 Å². The largest absolute Gasteiger partial charge is 0.481 e. The zero-order valence-corrected chi connectivity index (χ0v) is 16.1. The maximum absolute atomic E-state index is 12.3. The third-order valence-electron chi connectivity index (χ3n) is 4.57. The molecule has 1 atom stereocenters. The first-order chi connectivity index (χ1) is 12.7. The van der Waals surface area contributed by atoms with Crippen molar-refractivity contribution in [1.29, 1.82) is 0 Å². The Hall–Kier alpha value is -1.75. The topological polar surface area (TPSA) is 57.6 Å². The van der Waals surface area contributed by atoms with Crippen LogP contribution in [0.1, 0.15) is 44.1 Å². The average Bonchev–Trinajstić information content (AvgIpc) is 2.64. The van der Waals surface area contributed by atoms with Crippen LogP contribution in [0, 0.1) is 0 Å². The number of likely N-dealkylation sites (tertiary alicyclic amines) is 1. The molecule has 0 saturated carbocycles. The van der Waals surface area contributed by atoms with Crippen LogP contribution in [0.5, 0.6) is 0 Å². The van der Waals surface area contributed by atoms with Crippen LogP contribution in [0.25, 0.3) is 0 Å². The van der Waals surface area contributed by atoms with Crippen molar-refractivity contribution < 1.29 is 14.7 Å². The number of carbonyl (C=O) groups is 2. The van der Waals surface area contributed by atoms with Crippen molar-refractivity contribution in [2.45, 2.75) is 51.0 Å². The lowest BCUT2D eigenvalue weighted by molar-refractivity contribution is -0.137. The Balaban J connectivity index is 1.72. The van der Waals surface area contributed by atoms with Crippen LogP contribution in [0.3, 0.4) is 0 Å². The minimum Gasteiger partial charge on any atom is -0.481 e. The van der Waals surface area contributed by atoms with E-state index in [1.807, 2.05) is 11.0 Å². The molecule has 0 spiro atoms. The molecule has 26 heavy (non-hydrogen) atoms. The SMILES string of the molecule is O=C(O)CCCSCCN1C(=O)CCC[C@@H]1/C=C/CCc1ccccc1. The summed E-state index contributed by atoms with van der Waals surface area (Å²) in [7, 11) is 0. The molecular formula is C21H29NO3S. The summed E-state index contributed by atoms with van der Waals surface area (Å²) in [6.07, 6.45) is 10.0. The van der Waals surface area contributed by atoms with E-state index < -0.39 is 5.97 Å². The average molecular weight is 376 g/mol. The molecule has 1 aromatic carbocycles. The van der Waals surface area contributed by atoms with Gasteiger partial charge in [-0.15, -0.1) is 0 Å². The lowest BCUT2D eigenvalue weighted by atomic mass is 10.0. The summed E-state index contributed by atoms with van der Waals surface area (Å²) in [5.74, 6) is 1.23. The van der Waals surface area contributed by atoms with Crippen LogP contribution < -0.4 is 0 Å². The van der Waals surface area contributed by atoms with E-state index >= 15 is 0 Å². The maximum Gasteiger partial charge on any atom is 0.303 e. The van der Waals surface area contributed by atoms with Crippen molar-refractivity contribution >= 4 is 23.6 Å². The molecule has 1 fully saturated rings. The van der Waals surface area contributed by atoms with Gasteiger partial charge in [0.25, 0.3) is 0 Å². The zero-order chi connectivity index (χ0) is 18.6. The molecule has 1 heterocycles. The van der Waals surface area contributed by atoms with E-state index in [-0.39, 0.29) is 18.4 Å². The van der Waals surface area contributed by atoms with Gasteiger partial charge in [0.2, 0.25) is 5.91 Å². The highest BCUT2D eigenvalue weighted by Gasteiger charge is 2.25. The predicted octanol–water partition coefficient (Wildman–Crippen LogP) is 4.15. The molecule has 0 bridgehead atoms. The molecule has 0 unspecified atom stereocenters. The first-order valence-corrected chi connectivity index (χ1v) is 10.6. The molecule has 2 rings (SSSR count). The highest BCUT2D eigenvalue weighted by Crippen LogP contribution is 2.20. The van der Waals surface area contributed by atoms with Crippen LogP contribution in [-0.2, 0) is 16.0 Å². The molecule has 0 aromatic heterocycles. The van der Waals surface area contributed by atoms with Gasteiger partial charge in [0.05, 0.1) is 0 Å². The number of nitrogens with zero attached hydrogens (tertiary/aromatic N) is 1. The fourth-order valence-corrected chi connectivity index (χ4v) is 4.05. The molecule has 4 nitrogen and oxygen atoms in total. The molecule has 1 aromatic rings. The number of carboxylic acids is 1. The molecular weight excluding hydrogens is 346 g/mol. The third kappa shape index (κ3) is 7.65. The van der Waals surface area contributed by atoms with Gasteiger partial charge in [-0.2, -0.15) is 11.8 Å². The lowest BCUT2D eigenvalue weighted by Crippen LogP contribution is -2.43. The standard InChI is InChI=1S/C21H29NO3S/c23-20-13-6-12-19(11-5-4-10-18-8-2-1-3-9-18)22(20)15-17-26-16-7-14-21(24)25/h1-3,5,8-9,11,19H,4,6-7,10,12-17H2,(H,24,25)/b11-5+/t19-/m0/s1. The van der Waals surface area contributed by atoms with Gasteiger partial charge in [0.15, 0.2) is 0 Å². The van der Waals surface area contributed by atoms with Crippen molar-refractivity contribution in [2.24, 2.45) is 0 Å². The molecule has 1 amide bonds. The number of piperidine rings is 1. The number of amides is 1. The van der Waals surface area contributed by atoms with Gasteiger partial charge in [0.1, 0.15) is 0 Å². The second-order valence-corrected chi connectivity index (χ2v) is 7.83. The zero-order valence-electron chi connectivity index (χ0n) is 15.3. The number of carbonyl (C=O) groups excluding carboxylic acids is 1. The Morgan fingerprint density at radius 1 is 1.27 bits per heavy atom. The highest BCUT2D eigenvalue weighted by molar-refractivity contribution is 7.99. The number of allylic oxidation sites excluding steroid dienone is 1. The first-order valence-electron chi connectivity index (χ1n) is 9.46. The molecule has 1 aliphatic heterocycles. The second-order valence-electron chi connectivity index (χ2n) is 6.61. The summed E-state index contributed by atoms with van der Waals surface area (Å²) >= 11 is 1.74. The molecule has 5 heteroatoms. The smallest absolute Gasteiger partial charge is 0.303 e. The van der Waals surface area contributed by atoms with Crippen LogP contribution in [0.4, 0.5) is 0 Å². The summed E-state index contributed by atoms with van der Waals surface area (Å²) in [5.41, 5.74) is 1.34. The fourth-order valence-electron chi connectivity index (χ4n) is 3.18. The number of thioether (sulfide) groups is 1. The number of carboxylic acid groups (broad SMARTS) is 1. The van der Waals surface area contributed by atoms with Gasteiger partial charge in [0, 0.05) is 31.2 Å². The lowest BCUT2D eigenvalue weighted by Gasteiger charge is -2.34. The normalized spacial score (nSPS) is 17.8. The molecule has 1 saturated heterocycles. The van der Waals surface area contributed by atoms with E-state index in [1.54, 1.807) is 11.8 Å². The molecule has 1 aliphatic rings. The summed E-state index contributed by atoms with van der Waals surface area (Å²) in [5, 5.41) is 8.65. The fraction of sp³-hybridized carbons (Fsp3) is 0.524. The quantitative estimate of drug-likeness (QED) is 0.466. The summed E-state index contributed by atoms with van der Waals surface area (Å²) in [6.45, 7) is 0.754. The third-order valence-corrected chi connectivity index (χ3v) is 5.62. The Kier molecular flexibility index (Phi) is 9.32. The molecule has 142 valence electrons. The number of hydrogen-bond donors (Lipinski definition) is 1. The van der Waals surface area contributed by atoms with Crippen molar-refractivity contribution in [3.63, 3.8) is 0 Å². The van der Waals surface area contributed by atoms with Crippen LogP contribution in [-0.4, -0.2) is 46.0 Å². The minimum atomic E-state index is -0.738. The summed E-state index contributed by atoms with van der Waals surface area (Å²) in [6, 6.07) is 10.7. The van der Waals surface area contributed by atoms with Gasteiger partial charge in [-0.05, 0) is 43.4 Å². The van der Waals surface area contributed by atoms with Gasteiger partial charge >= 0.3 is 5.97 Å². The Labute approximate surface area is 160 Å². The first kappa shape index (κ1) is 20.6. The van der Waals surface area contributed by atoms with Crippen LogP contribution in [0.15, 0.2) is 42.5 Å². The van der Waals surface area contributed by atoms with E-state index in [0.717, 1.165) is 43.7 Å². The maximum atomic E-state index is 12.3. The van der Waals surface area contributed by atoms with Crippen molar-refractivity contribution in [1.82, 2.24) is 4.90 Å². The Morgan fingerprint density at radius 2 is 2.08 bits per heavy atom. The van der Waals surface area contributed by atoms with E-state index in [9.17, 15) is 9.59 Å². The highest BCUT2D eigenvalue weighted by atomic mass is 32.2. The number of benzene rings is 1. The summed E-state index contributed by atoms with van der Waals surface area (Å²) in [4.78, 5) is 24.8. The monoisotopic (exact) mass is 375 g/mol. The number of aryl methyl sites for hydroxylation is 1. The number of aliphatic carboxylic acids is 1. The molecule has 0 aliphatic carbocycles. The number of hydrogen-bond acceptors (Lipinski definition) is 3. The van der Waals surface area contributed by atoms with E-state index in [2.05, 4.69) is 36.4 Å². The van der Waals surface area contributed by atoms with Crippen LogP contribution >= 0.6 is 11.8 Å². The molecule has 0 radical (unpaired) electrons. The van der Waals surface area contributed by atoms with Gasteiger partial charge in [-0.3, -0.25) is 9.59 Å². The summed E-state index contributed by atoms with van der Waals surface area (Å²) < 4.78 is 0. The van der Waals surface area contributed by atoms with Crippen molar-refractivity contribution in [3.05, 3.63) is 48.0 Å². The van der Waals surface area contributed by atoms with E-state index in [1.165, 1.54) is 5.56 Å². The minimum absolute atomic E-state index is 0.214. The van der Waals surface area contributed by atoms with Gasteiger partial charge < -0.3 is 10.0 Å². The Morgan fingerprint density at radius 3 is 2.85 bits per heavy atom. The predicted molar refractivity (Wildman–Crippen MR) is 107 cm³/mol. The second kappa shape index (κ2) is 11.8. The van der Waals surface area contributed by atoms with Crippen LogP contribution in [0.2, 0.25) is 0 Å². The van der Waals surface area contributed by atoms with Gasteiger partial charge in [-0.1, -0.05) is 42.5 Å². The van der Waals surface area contributed by atoms with Crippen molar-refractivity contribution in [3.8, 4) is 0 Å². The Bertz CT molecular complexity index is 588. The van der Waals surface area contributed by atoms with E-state index in [4.69, 9.17) is 5.11 Å². The molecule has 1 N–H and O–H groups in total. The van der Waals surface area contributed by atoms with Gasteiger partial charge in [-0.25, -0.2) is 0 Å².